The number of hydrogen-bond acceptors (Lipinski definition) is 8. The van der Waals surface area contributed by atoms with Crippen molar-refractivity contribution in [1.29, 1.82) is 0 Å². The van der Waals surface area contributed by atoms with E-state index in [0.29, 0.717) is 5.75 Å². The molecule has 2 unspecified atom stereocenters. The molecule has 3 aromatic rings. The highest BCUT2D eigenvalue weighted by molar-refractivity contribution is 8.07. The van der Waals surface area contributed by atoms with Gasteiger partial charge in [-0.3, -0.25) is 4.79 Å². The number of halogens is 5. The van der Waals surface area contributed by atoms with Gasteiger partial charge in [0.15, 0.2) is 5.15 Å². The van der Waals surface area contributed by atoms with Crippen molar-refractivity contribution < 1.29 is 27.8 Å². The molecule has 0 aliphatic heterocycles. The fraction of sp³-hybridized carbons (Fsp3) is 0.286. The number of pyridine rings is 1. The Labute approximate surface area is 275 Å². The van der Waals surface area contributed by atoms with Gasteiger partial charge in [-0.25, -0.2) is 0 Å². The van der Waals surface area contributed by atoms with Crippen molar-refractivity contribution in [2.24, 2.45) is 17.3 Å². The summed E-state index contributed by atoms with van der Waals surface area (Å²) in [5.74, 6) is 1.04. The Morgan fingerprint density at radius 3 is 2.24 bits per heavy atom. The maximum atomic E-state index is 12.4. The van der Waals surface area contributed by atoms with Gasteiger partial charge in [0.2, 0.25) is 5.88 Å². The predicted molar refractivity (Wildman–Crippen MR) is 172 cm³/mol. The number of rotatable bonds is 10. The zero-order chi connectivity index (χ0) is 31.1. The van der Waals surface area contributed by atoms with Crippen LogP contribution in [0.5, 0.6) is 17.4 Å². The molecule has 0 bridgehead atoms. The zero-order valence-electron chi connectivity index (χ0n) is 22.9. The van der Waals surface area contributed by atoms with Gasteiger partial charge in [0.1, 0.15) is 27.6 Å². The molecule has 14 heteroatoms. The maximum absolute atomic E-state index is 12.4. The highest BCUT2D eigenvalue weighted by Crippen LogP contribution is 2.60. The molecule has 1 heterocycles. The smallest absolute Gasteiger partial charge is 0.381 e. The van der Waals surface area contributed by atoms with Crippen LogP contribution in [0.3, 0.4) is 0 Å². The summed E-state index contributed by atoms with van der Waals surface area (Å²) in [6.45, 7) is 1.33. The van der Waals surface area contributed by atoms with Crippen molar-refractivity contribution in [3.05, 3.63) is 92.0 Å². The number of carbonyl (C=O) groups is 1. The van der Waals surface area contributed by atoms with Gasteiger partial charge in [-0.05, 0) is 53.3 Å². The fourth-order valence-electron chi connectivity index (χ4n) is 3.89. The first kappa shape index (κ1) is 34.9. The third kappa shape index (κ3) is 9.71. The number of benzene rings is 2. The summed E-state index contributed by atoms with van der Waals surface area (Å²) in [6.07, 6.45) is 1.71. The Morgan fingerprint density at radius 1 is 0.976 bits per heavy atom. The Balaban J connectivity index is 0.000000260. The maximum Gasteiger partial charge on any atom is 0.381 e. The normalized spacial score (nSPS) is 16.9. The van der Waals surface area contributed by atoms with Gasteiger partial charge in [0, 0.05) is 26.0 Å². The Hall–Kier alpha value is -1.58. The quantitative estimate of drug-likeness (QED) is 0.117. The lowest BCUT2D eigenvalue weighted by atomic mass is 10.1. The molecule has 0 radical (unpaired) electrons. The molecule has 42 heavy (non-hydrogen) atoms. The predicted octanol–water partition coefficient (Wildman–Crippen LogP) is 10.1. The summed E-state index contributed by atoms with van der Waals surface area (Å²) in [7, 11) is 2.74. The van der Waals surface area contributed by atoms with Crippen LogP contribution in [0.4, 0.5) is 0 Å². The topological polar surface area (TPSA) is 76.1 Å². The second-order valence-corrected chi connectivity index (χ2v) is 14.7. The van der Waals surface area contributed by atoms with Crippen molar-refractivity contribution in [2.45, 2.75) is 20.5 Å². The van der Waals surface area contributed by atoms with Crippen LogP contribution in [0.2, 0.25) is 15.2 Å². The molecule has 2 atom stereocenters. The molecule has 0 N–H and O–H groups in total. The van der Waals surface area contributed by atoms with Gasteiger partial charge < -0.3 is 23.0 Å². The monoisotopic (exact) mass is 711 g/mol. The van der Waals surface area contributed by atoms with Crippen LogP contribution >= 0.6 is 64.7 Å². The molecular weight excluding hydrogens is 687 g/mol. The van der Waals surface area contributed by atoms with E-state index < -0.39 is 6.72 Å². The lowest BCUT2D eigenvalue weighted by Crippen LogP contribution is -2.10. The minimum absolute atomic E-state index is 0.00717. The summed E-state index contributed by atoms with van der Waals surface area (Å²) in [5, 5.41) is 0.467. The molecule has 7 nitrogen and oxygen atoms in total. The first-order chi connectivity index (χ1) is 19.8. The van der Waals surface area contributed by atoms with E-state index in [9.17, 15) is 4.79 Å². The van der Waals surface area contributed by atoms with Gasteiger partial charge in [-0.15, -0.1) is 0 Å². The highest BCUT2D eigenvalue weighted by Gasteiger charge is 2.61. The third-order valence-electron chi connectivity index (χ3n) is 6.23. The molecule has 1 aliphatic rings. The number of esters is 1. The van der Waals surface area contributed by atoms with E-state index in [0.717, 1.165) is 11.3 Å². The minimum atomic E-state index is -2.88. The molecule has 4 rings (SSSR count). The van der Waals surface area contributed by atoms with Crippen molar-refractivity contribution in [3.63, 3.8) is 0 Å². The van der Waals surface area contributed by atoms with Gasteiger partial charge in [0.05, 0.1) is 10.9 Å². The van der Waals surface area contributed by atoms with E-state index in [1.807, 2.05) is 68.4 Å². The van der Waals surface area contributed by atoms with Crippen LogP contribution in [-0.4, -0.2) is 25.2 Å². The second kappa shape index (κ2) is 15.4. The lowest BCUT2D eigenvalue weighted by Gasteiger charge is -2.18. The summed E-state index contributed by atoms with van der Waals surface area (Å²) >= 11 is 33.7. The van der Waals surface area contributed by atoms with Crippen molar-refractivity contribution >= 4 is 82.5 Å². The molecule has 1 aromatic heterocycles. The average Bonchev–Trinajstić information content (AvgIpc) is 3.49. The molecule has 0 saturated heterocycles. The van der Waals surface area contributed by atoms with Crippen LogP contribution in [0.1, 0.15) is 19.4 Å². The van der Waals surface area contributed by atoms with Gasteiger partial charge >= 0.3 is 12.7 Å². The van der Waals surface area contributed by atoms with Crippen LogP contribution in [0, 0.1) is 17.3 Å². The molecule has 1 aliphatic carbocycles. The van der Waals surface area contributed by atoms with Crippen molar-refractivity contribution in [1.82, 2.24) is 4.98 Å². The lowest BCUT2D eigenvalue weighted by molar-refractivity contribution is -0.147. The summed E-state index contributed by atoms with van der Waals surface area (Å²) in [4.78, 5) is 16.2. The van der Waals surface area contributed by atoms with E-state index in [2.05, 4.69) is 4.98 Å². The number of carbonyl (C=O) groups excluding carboxylic acids is 1. The standard InChI is InChI=1S/C21H20Cl2O3.C7H7Cl3NO3PS/c1-21(2)17(12-18(22)23)19(21)20(24)25-13-14-7-6-10-16(11-14)26-15-8-4-3-5-9-15;1-12-15(16,13-2)14-7-5(9)3-4(8)6(10)11-7/h3-12,17,19H,13H2,1-2H3;3H,1-2H3. The molecule has 0 spiro atoms. The molecule has 1 saturated carbocycles. The summed E-state index contributed by atoms with van der Waals surface area (Å²) in [5.41, 5.74) is 0.678. The van der Waals surface area contributed by atoms with Crippen molar-refractivity contribution in [2.75, 3.05) is 14.2 Å². The molecular formula is C28H27Cl5NO6PS. The van der Waals surface area contributed by atoms with Crippen LogP contribution in [0.25, 0.3) is 0 Å². The molecule has 2 aromatic carbocycles. The van der Waals surface area contributed by atoms with Crippen LogP contribution < -0.4 is 9.26 Å². The number of allylic oxidation sites excluding steroid dienone is 1. The number of aromatic nitrogens is 1. The Morgan fingerprint density at radius 2 is 1.62 bits per heavy atom. The molecule has 0 amide bonds. The largest absolute Gasteiger partial charge is 0.461 e. The number of nitrogens with zero attached hydrogens (tertiary/aromatic N) is 1. The van der Waals surface area contributed by atoms with E-state index in [1.165, 1.54) is 20.3 Å². The number of hydrogen-bond donors (Lipinski definition) is 0. The van der Waals surface area contributed by atoms with Crippen LogP contribution in [-0.2, 0) is 37.0 Å². The highest BCUT2D eigenvalue weighted by atomic mass is 35.5. The van der Waals surface area contributed by atoms with E-state index in [-0.39, 0.29) is 55.4 Å². The van der Waals surface area contributed by atoms with Gasteiger partial charge in [-0.2, -0.15) is 4.98 Å². The third-order valence-corrected chi connectivity index (χ3v) is 9.83. The van der Waals surface area contributed by atoms with E-state index >= 15 is 0 Å². The van der Waals surface area contributed by atoms with E-state index in [4.69, 9.17) is 92.9 Å². The van der Waals surface area contributed by atoms with Gasteiger partial charge in [0.25, 0.3) is 0 Å². The van der Waals surface area contributed by atoms with Crippen molar-refractivity contribution in [3.8, 4) is 17.4 Å². The Bertz CT molecular complexity index is 1460. The minimum Gasteiger partial charge on any atom is -0.461 e. The zero-order valence-corrected chi connectivity index (χ0v) is 28.3. The van der Waals surface area contributed by atoms with Gasteiger partial charge in [-0.1, -0.05) is 102 Å². The second-order valence-electron chi connectivity index (χ2n) is 9.40. The number of ether oxygens (including phenoxy) is 2. The fourth-order valence-corrected chi connectivity index (χ4v) is 5.60. The SMILES string of the molecule is CC1(C)C(C=C(Cl)Cl)C1C(=O)OCc1cccc(Oc2ccccc2)c1.COP(=S)(OC)Oc1nc(Cl)c(Cl)cc1Cl. The number of para-hydroxylation sites is 1. The first-order valence-electron chi connectivity index (χ1n) is 12.2. The van der Waals surface area contributed by atoms with E-state index in [1.54, 1.807) is 6.08 Å². The average molecular weight is 714 g/mol. The molecule has 226 valence electrons. The summed E-state index contributed by atoms with van der Waals surface area (Å²) < 4.78 is 26.6. The first-order valence-corrected chi connectivity index (χ1v) is 16.7. The summed E-state index contributed by atoms with van der Waals surface area (Å²) in [6, 6.07) is 18.4. The van der Waals surface area contributed by atoms with Crippen LogP contribution in [0.15, 0.2) is 71.2 Å². The Kier molecular flexibility index (Phi) is 12.8. The molecule has 1 fully saturated rings.